The standard InChI is InChI=1S/C21H18N2S/c1-23-13-19(22)15-7-4-6-14(12-15)16-9-5-10-18-17-8-2-3-11-20(17)24-21(16)18/h2-13,19H,22H2,1H3. The second-order valence-electron chi connectivity index (χ2n) is 5.84. The van der Waals surface area contributed by atoms with Crippen molar-refractivity contribution in [2.45, 2.75) is 6.04 Å². The molecule has 1 aromatic heterocycles. The second kappa shape index (κ2) is 6.19. The molecule has 0 aliphatic carbocycles. The first-order valence-corrected chi connectivity index (χ1v) is 8.78. The summed E-state index contributed by atoms with van der Waals surface area (Å²) in [4.78, 5) is 4.05. The van der Waals surface area contributed by atoms with Gasteiger partial charge < -0.3 is 5.73 Å². The Morgan fingerprint density at radius 2 is 1.75 bits per heavy atom. The van der Waals surface area contributed by atoms with Crippen molar-refractivity contribution in [3.8, 4) is 11.1 Å². The van der Waals surface area contributed by atoms with Crippen LogP contribution in [-0.2, 0) is 0 Å². The van der Waals surface area contributed by atoms with Crippen LogP contribution in [0.1, 0.15) is 11.6 Å². The summed E-state index contributed by atoms with van der Waals surface area (Å²) in [6, 6.07) is 23.4. The quantitative estimate of drug-likeness (QED) is 0.500. The smallest absolute Gasteiger partial charge is 0.0651 e. The van der Waals surface area contributed by atoms with Gasteiger partial charge in [-0.05, 0) is 28.8 Å². The van der Waals surface area contributed by atoms with E-state index in [1.165, 1.54) is 31.3 Å². The van der Waals surface area contributed by atoms with E-state index >= 15 is 0 Å². The van der Waals surface area contributed by atoms with Gasteiger partial charge in [-0.15, -0.1) is 11.3 Å². The molecule has 1 heterocycles. The van der Waals surface area contributed by atoms with Gasteiger partial charge in [0.15, 0.2) is 0 Å². The molecule has 3 heteroatoms. The predicted molar refractivity (Wildman–Crippen MR) is 106 cm³/mol. The topological polar surface area (TPSA) is 38.4 Å². The third-order valence-electron chi connectivity index (χ3n) is 4.30. The molecule has 3 aromatic carbocycles. The zero-order valence-electron chi connectivity index (χ0n) is 13.4. The molecule has 118 valence electrons. The molecule has 0 aliphatic heterocycles. The summed E-state index contributed by atoms with van der Waals surface area (Å²) in [6.07, 6.45) is 1.78. The van der Waals surface area contributed by atoms with E-state index in [2.05, 4.69) is 71.7 Å². The lowest BCUT2D eigenvalue weighted by Crippen LogP contribution is -2.11. The van der Waals surface area contributed by atoms with Crippen molar-refractivity contribution < 1.29 is 0 Å². The lowest BCUT2D eigenvalue weighted by molar-refractivity contribution is 0.980. The molecule has 4 aromatic rings. The van der Waals surface area contributed by atoms with Gasteiger partial charge in [0.05, 0.1) is 6.04 Å². The molecule has 0 saturated carbocycles. The summed E-state index contributed by atoms with van der Waals surface area (Å²) in [5, 5.41) is 2.64. The highest BCUT2D eigenvalue weighted by Crippen LogP contribution is 2.39. The van der Waals surface area contributed by atoms with E-state index in [0.717, 1.165) is 5.56 Å². The summed E-state index contributed by atoms with van der Waals surface area (Å²) in [7, 11) is 1.75. The second-order valence-corrected chi connectivity index (χ2v) is 6.89. The number of thiophene rings is 1. The molecule has 0 bridgehead atoms. The van der Waals surface area contributed by atoms with Crippen molar-refractivity contribution in [2.24, 2.45) is 10.7 Å². The first kappa shape index (κ1) is 15.1. The Labute approximate surface area is 145 Å². The molecule has 0 aliphatic rings. The summed E-state index contributed by atoms with van der Waals surface area (Å²) in [6.45, 7) is 0. The number of benzene rings is 3. The van der Waals surface area contributed by atoms with Gasteiger partial charge in [0, 0.05) is 33.4 Å². The molecule has 0 amide bonds. The molecule has 0 saturated heterocycles. The molecule has 0 fully saturated rings. The molecule has 0 spiro atoms. The van der Waals surface area contributed by atoms with Gasteiger partial charge in [0.2, 0.25) is 0 Å². The van der Waals surface area contributed by atoms with E-state index in [1.807, 2.05) is 11.3 Å². The average Bonchev–Trinajstić information content (AvgIpc) is 3.01. The van der Waals surface area contributed by atoms with Crippen LogP contribution in [0.5, 0.6) is 0 Å². The van der Waals surface area contributed by atoms with E-state index < -0.39 is 0 Å². The number of hydrogen-bond acceptors (Lipinski definition) is 3. The molecule has 2 nitrogen and oxygen atoms in total. The van der Waals surface area contributed by atoms with E-state index in [-0.39, 0.29) is 6.04 Å². The SMILES string of the molecule is CN=CC(N)c1cccc(-c2cccc3c2sc2ccccc23)c1. The molecular weight excluding hydrogens is 312 g/mol. The first-order chi connectivity index (χ1) is 11.8. The monoisotopic (exact) mass is 330 g/mol. The number of aliphatic imine (C=N–C) groups is 1. The minimum Gasteiger partial charge on any atom is -0.320 e. The number of hydrogen-bond donors (Lipinski definition) is 1. The van der Waals surface area contributed by atoms with Crippen LogP contribution >= 0.6 is 11.3 Å². The molecule has 1 atom stereocenters. The number of nitrogens with two attached hydrogens (primary N) is 1. The van der Waals surface area contributed by atoms with Crippen LogP contribution < -0.4 is 5.73 Å². The Bertz CT molecular complexity index is 1050. The maximum Gasteiger partial charge on any atom is 0.0651 e. The Morgan fingerprint density at radius 1 is 0.958 bits per heavy atom. The normalized spacial score (nSPS) is 13.1. The maximum atomic E-state index is 6.18. The lowest BCUT2D eigenvalue weighted by Gasteiger charge is -2.09. The fourth-order valence-corrected chi connectivity index (χ4v) is 4.37. The van der Waals surface area contributed by atoms with E-state index in [0.29, 0.717) is 0 Å². The zero-order valence-corrected chi connectivity index (χ0v) is 14.3. The molecule has 4 rings (SSSR count). The van der Waals surface area contributed by atoms with Crippen molar-refractivity contribution in [1.82, 2.24) is 0 Å². The largest absolute Gasteiger partial charge is 0.320 e. The van der Waals surface area contributed by atoms with E-state index in [4.69, 9.17) is 5.73 Å². The van der Waals surface area contributed by atoms with Crippen LogP contribution in [0.3, 0.4) is 0 Å². The molecule has 1 unspecified atom stereocenters. The predicted octanol–water partition coefficient (Wildman–Crippen LogP) is 5.42. The van der Waals surface area contributed by atoms with Crippen molar-refractivity contribution in [2.75, 3.05) is 7.05 Å². The van der Waals surface area contributed by atoms with Gasteiger partial charge in [-0.25, -0.2) is 0 Å². The highest BCUT2D eigenvalue weighted by Gasteiger charge is 2.11. The van der Waals surface area contributed by atoms with Gasteiger partial charge in [-0.3, -0.25) is 4.99 Å². The molecular formula is C21H18N2S. The Kier molecular flexibility index (Phi) is 3.89. The van der Waals surface area contributed by atoms with E-state index in [1.54, 1.807) is 13.3 Å². The lowest BCUT2D eigenvalue weighted by atomic mass is 9.99. The molecule has 0 radical (unpaired) electrons. The third-order valence-corrected chi connectivity index (χ3v) is 5.52. The third kappa shape index (κ3) is 2.52. The first-order valence-electron chi connectivity index (χ1n) is 7.96. The highest BCUT2D eigenvalue weighted by atomic mass is 32.1. The Hall–Kier alpha value is -2.49. The van der Waals surface area contributed by atoms with Gasteiger partial charge in [0.25, 0.3) is 0 Å². The zero-order chi connectivity index (χ0) is 16.5. The Balaban J connectivity index is 1.92. The van der Waals surface area contributed by atoms with Crippen LogP contribution in [-0.4, -0.2) is 13.3 Å². The fraction of sp³-hybridized carbons (Fsp3) is 0.0952. The van der Waals surface area contributed by atoms with Crippen LogP contribution in [0.15, 0.2) is 71.7 Å². The van der Waals surface area contributed by atoms with Crippen LogP contribution in [0.2, 0.25) is 0 Å². The van der Waals surface area contributed by atoms with Gasteiger partial charge in [-0.2, -0.15) is 0 Å². The summed E-state index contributed by atoms with van der Waals surface area (Å²) < 4.78 is 2.65. The maximum absolute atomic E-state index is 6.18. The average molecular weight is 330 g/mol. The van der Waals surface area contributed by atoms with Gasteiger partial charge >= 0.3 is 0 Å². The van der Waals surface area contributed by atoms with Crippen LogP contribution in [0.4, 0.5) is 0 Å². The minimum absolute atomic E-state index is 0.170. The van der Waals surface area contributed by atoms with Crippen molar-refractivity contribution in [1.29, 1.82) is 0 Å². The molecule has 24 heavy (non-hydrogen) atoms. The number of nitrogens with zero attached hydrogens (tertiary/aromatic N) is 1. The van der Waals surface area contributed by atoms with Gasteiger partial charge in [-0.1, -0.05) is 54.6 Å². The Morgan fingerprint density at radius 3 is 2.62 bits per heavy atom. The van der Waals surface area contributed by atoms with Gasteiger partial charge in [0.1, 0.15) is 0 Å². The van der Waals surface area contributed by atoms with Crippen molar-refractivity contribution >= 4 is 37.7 Å². The fourth-order valence-electron chi connectivity index (χ4n) is 3.13. The number of rotatable bonds is 3. The van der Waals surface area contributed by atoms with Crippen LogP contribution in [0.25, 0.3) is 31.3 Å². The number of fused-ring (bicyclic) bond motifs is 3. The van der Waals surface area contributed by atoms with Crippen molar-refractivity contribution in [3.63, 3.8) is 0 Å². The summed E-state index contributed by atoms with van der Waals surface area (Å²) >= 11 is 1.85. The summed E-state index contributed by atoms with van der Waals surface area (Å²) in [5.74, 6) is 0. The minimum atomic E-state index is -0.170. The van der Waals surface area contributed by atoms with Crippen molar-refractivity contribution in [3.05, 3.63) is 72.3 Å². The summed E-state index contributed by atoms with van der Waals surface area (Å²) in [5.41, 5.74) is 9.72. The van der Waals surface area contributed by atoms with E-state index in [9.17, 15) is 0 Å². The van der Waals surface area contributed by atoms with Crippen LogP contribution in [0, 0.1) is 0 Å². The molecule has 2 N–H and O–H groups in total. The highest BCUT2D eigenvalue weighted by molar-refractivity contribution is 7.26.